The van der Waals surface area contributed by atoms with Crippen molar-refractivity contribution >= 4 is 22.4 Å². The van der Waals surface area contributed by atoms with E-state index in [9.17, 15) is 18.4 Å². The molecule has 0 aliphatic carbocycles. The smallest absolute Gasteiger partial charge is 0.417 e. The number of halogens is 5. The number of likely N-dealkylation sites (tertiary alicyclic amines) is 1. The van der Waals surface area contributed by atoms with Crippen LogP contribution in [0.1, 0.15) is 49.8 Å². The molecular weight excluding hydrogens is 621 g/mol. The van der Waals surface area contributed by atoms with Crippen molar-refractivity contribution in [1.82, 2.24) is 20.2 Å². The van der Waals surface area contributed by atoms with Crippen LogP contribution >= 0.6 is 0 Å². The quantitative estimate of drug-likeness (QED) is 0.254. The van der Waals surface area contributed by atoms with Gasteiger partial charge in [0.05, 0.1) is 28.5 Å². The Kier molecular flexibility index (Phi) is 8.69. The maximum atomic E-state index is 16.8. The Labute approximate surface area is 269 Å². The molecule has 0 amide bonds. The predicted octanol–water partition coefficient (Wildman–Crippen LogP) is 5.42. The molecule has 14 heteroatoms. The van der Waals surface area contributed by atoms with Gasteiger partial charge in [-0.15, -0.1) is 0 Å². The number of anilines is 2. The largest absolute Gasteiger partial charge is 0.463 e. The summed E-state index contributed by atoms with van der Waals surface area (Å²) >= 11 is 0. The Bertz CT molecular complexity index is 1730. The molecule has 3 aliphatic rings. The molecule has 47 heavy (non-hydrogen) atoms. The second-order valence-electron chi connectivity index (χ2n) is 13.2. The molecule has 0 saturated carbocycles. The van der Waals surface area contributed by atoms with Gasteiger partial charge in [-0.25, -0.2) is 8.78 Å². The number of piperidine rings is 1. The number of fused-ring (bicyclic) bond motifs is 3. The van der Waals surface area contributed by atoms with Gasteiger partial charge in [-0.05, 0) is 50.4 Å². The molecule has 2 aromatic carbocycles. The van der Waals surface area contributed by atoms with Crippen LogP contribution in [0.3, 0.4) is 0 Å². The van der Waals surface area contributed by atoms with Crippen molar-refractivity contribution in [2.24, 2.45) is 5.41 Å². The van der Waals surface area contributed by atoms with Crippen LogP contribution in [-0.2, 0) is 10.9 Å². The first kappa shape index (κ1) is 33.1. The van der Waals surface area contributed by atoms with E-state index in [0.717, 1.165) is 51.4 Å². The average Bonchev–Trinajstić information content (AvgIpc) is 3.36. The minimum atomic E-state index is -5.04. The van der Waals surface area contributed by atoms with Crippen molar-refractivity contribution in [3.05, 3.63) is 40.5 Å². The maximum absolute atomic E-state index is 16.8. The zero-order valence-electron chi connectivity index (χ0n) is 26.8. The van der Waals surface area contributed by atoms with Crippen LogP contribution < -0.4 is 20.7 Å². The Morgan fingerprint density at radius 3 is 2.45 bits per heavy atom. The minimum Gasteiger partial charge on any atom is -0.463 e. The Balaban J connectivity index is 1.54. The van der Waals surface area contributed by atoms with E-state index in [0.29, 0.717) is 19.6 Å². The van der Waals surface area contributed by atoms with Gasteiger partial charge in [0.15, 0.2) is 5.82 Å². The zero-order valence-corrected chi connectivity index (χ0v) is 26.8. The van der Waals surface area contributed by atoms with Gasteiger partial charge in [0.25, 0.3) is 0 Å². The highest BCUT2D eigenvalue weighted by Gasteiger charge is 2.42. The average molecular weight is 660 g/mol. The van der Waals surface area contributed by atoms with Gasteiger partial charge in [0.1, 0.15) is 29.8 Å². The lowest BCUT2D eigenvalue weighted by atomic mass is 9.79. The number of hydrogen-bond donors (Lipinski definition) is 2. The summed E-state index contributed by atoms with van der Waals surface area (Å²) in [5.41, 5.74) is 0.301. The molecule has 3 aliphatic heterocycles. The van der Waals surface area contributed by atoms with Gasteiger partial charge in [-0.2, -0.15) is 28.4 Å². The lowest BCUT2D eigenvalue weighted by Gasteiger charge is -2.44. The number of nitriles is 1. The molecule has 0 spiro atoms. The van der Waals surface area contributed by atoms with E-state index in [4.69, 9.17) is 15.2 Å². The molecule has 4 heterocycles. The van der Waals surface area contributed by atoms with Crippen molar-refractivity contribution in [2.75, 3.05) is 57.1 Å². The number of nitrogen functional groups attached to an aromatic ring is 1. The van der Waals surface area contributed by atoms with Crippen LogP contribution in [0.5, 0.6) is 6.01 Å². The number of rotatable bonds is 7. The third-order valence-corrected chi connectivity index (χ3v) is 9.89. The molecule has 3 fully saturated rings. The lowest BCUT2D eigenvalue weighted by molar-refractivity contribution is -0.137. The van der Waals surface area contributed by atoms with Gasteiger partial charge in [-0.3, -0.25) is 0 Å². The Morgan fingerprint density at radius 1 is 1.13 bits per heavy atom. The normalized spacial score (nSPS) is 24.9. The monoisotopic (exact) mass is 659 g/mol. The van der Waals surface area contributed by atoms with E-state index in [1.165, 1.54) is 0 Å². The number of alkyl halides is 3. The number of aromatic nitrogens is 2. The molecule has 0 radical (unpaired) electrons. The summed E-state index contributed by atoms with van der Waals surface area (Å²) in [6.07, 6.45) is -2.55. The Hall–Kier alpha value is -3.80. The van der Waals surface area contributed by atoms with E-state index >= 15 is 8.78 Å². The van der Waals surface area contributed by atoms with E-state index in [1.54, 1.807) is 13.2 Å². The summed E-state index contributed by atoms with van der Waals surface area (Å²) in [5, 5.41) is 13.3. The third-order valence-electron chi connectivity index (χ3n) is 9.89. The van der Waals surface area contributed by atoms with Crippen molar-refractivity contribution < 1.29 is 31.4 Å². The molecule has 0 unspecified atom stereocenters. The molecule has 3 saturated heterocycles. The number of aryl methyl sites for hydroxylation is 1. The topological polar surface area (TPSA) is 113 Å². The molecule has 4 atom stereocenters. The highest BCUT2D eigenvalue weighted by molar-refractivity contribution is 5.95. The second-order valence-corrected chi connectivity index (χ2v) is 13.2. The number of nitrogens with zero attached hydrogens (tertiary/aromatic N) is 5. The summed E-state index contributed by atoms with van der Waals surface area (Å²) in [6, 6.07) is 3.64. The molecule has 1 aromatic heterocycles. The first-order valence-electron chi connectivity index (χ1n) is 15.8. The van der Waals surface area contributed by atoms with Crippen molar-refractivity contribution in [3.8, 4) is 23.2 Å². The molecule has 252 valence electrons. The molecular formula is C33H38F5N7O2. The summed E-state index contributed by atoms with van der Waals surface area (Å²) < 4.78 is 88.2. The molecule has 3 aromatic rings. The number of ether oxygens (including phenoxy) is 2. The van der Waals surface area contributed by atoms with Crippen molar-refractivity contribution in [2.45, 2.75) is 64.4 Å². The standard InChI is InChI=1S/C33H38F5N7O2/c1-5-44-9-8-24(46-4)32(3,15-44)16-47-31-42-29-20(30(43-31)45-13-18-6-7-19(14-45)41-18)11-22(34)26(28(29)35)25-21(12-39)23(40)10-17(2)27(25)33(36,37)38/h10-11,18-19,24,41H,5-9,13-16,40H2,1-4H3/t18-,19+,24-,32-/m0/s1. The number of methoxy groups -OCH3 is 1. The zero-order chi connectivity index (χ0) is 33.8. The summed E-state index contributed by atoms with van der Waals surface area (Å²) in [6.45, 7) is 8.71. The number of benzene rings is 2. The lowest BCUT2D eigenvalue weighted by Crippen LogP contribution is -2.53. The third kappa shape index (κ3) is 5.93. The van der Waals surface area contributed by atoms with Crippen LogP contribution in [0.25, 0.3) is 22.0 Å². The first-order chi connectivity index (χ1) is 22.3. The van der Waals surface area contributed by atoms with E-state index < -0.39 is 51.0 Å². The summed E-state index contributed by atoms with van der Waals surface area (Å²) in [7, 11) is 1.64. The fourth-order valence-electron chi connectivity index (χ4n) is 7.62. The molecule has 3 N–H and O–H groups in total. The van der Waals surface area contributed by atoms with Crippen LogP contribution in [0, 0.1) is 35.3 Å². The number of nitrogens with two attached hydrogens (primary N) is 1. The van der Waals surface area contributed by atoms with E-state index in [1.807, 2.05) is 11.8 Å². The predicted molar refractivity (Wildman–Crippen MR) is 167 cm³/mol. The van der Waals surface area contributed by atoms with Crippen molar-refractivity contribution in [1.29, 1.82) is 5.26 Å². The van der Waals surface area contributed by atoms with Gasteiger partial charge >= 0.3 is 12.2 Å². The highest BCUT2D eigenvalue weighted by atomic mass is 19.4. The van der Waals surface area contributed by atoms with Gasteiger partial charge in [0.2, 0.25) is 0 Å². The first-order valence-corrected chi connectivity index (χ1v) is 15.8. The van der Waals surface area contributed by atoms with Crippen molar-refractivity contribution in [3.63, 3.8) is 0 Å². The number of piperazine rings is 1. The van der Waals surface area contributed by atoms with Gasteiger partial charge in [-0.1, -0.05) is 13.8 Å². The SMILES string of the molecule is CCN1CC[C@H](OC)[C@](C)(COc2nc(N3C[C@H]4CC[C@@H](C3)N4)c3cc(F)c(-c4c(C#N)c(N)cc(C)c4C(F)(F)F)c(F)c3n2)C1. The fourth-order valence-corrected chi connectivity index (χ4v) is 7.62. The Morgan fingerprint density at radius 2 is 1.83 bits per heavy atom. The second kappa shape index (κ2) is 12.3. The van der Waals surface area contributed by atoms with Crippen LogP contribution in [0.15, 0.2) is 12.1 Å². The molecule has 6 rings (SSSR count). The van der Waals surface area contributed by atoms with Crippen LogP contribution in [-0.4, -0.2) is 79.5 Å². The maximum Gasteiger partial charge on any atom is 0.417 e. The fraction of sp³-hybridized carbons (Fsp3) is 0.545. The summed E-state index contributed by atoms with van der Waals surface area (Å²) in [5.74, 6) is -2.44. The highest BCUT2D eigenvalue weighted by Crippen LogP contribution is 2.46. The van der Waals surface area contributed by atoms with E-state index in [2.05, 4.69) is 27.1 Å². The molecule has 9 nitrogen and oxygen atoms in total. The minimum absolute atomic E-state index is 0.0131. The molecule has 2 bridgehead atoms. The van der Waals surface area contributed by atoms with Crippen LogP contribution in [0.4, 0.5) is 33.5 Å². The number of nitrogens with one attached hydrogen (secondary N) is 1. The van der Waals surface area contributed by atoms with Crippen LogP contribution in [0.2, 0.25) is 0 Å². The van der Waals surface area contributed by atoms with Gasteiger partial charge in [0, 0.05) is 61.7 Å². The van der Waals surface area contributed by atoms with Gasteiger partial charge < -0.3 is 30.3 Å². The summed E-state index contributed by atoms with van der Waals surface area (Å²) in [4.78, 5) is 13.2. The van der Waals surface area contributed by atoms with E-state index in [-0.39, 0.29) is 53.3 Å². The number of hydrogen-bond acceptors (Lipinski definition) is 9.